The molecule has 0 unspecified atom stereocenters. The molecule has 1 N–H and O–H groups in total. The van der Waals surface area contributed by atoms with Crippen molar-refractivity contribution in [3.05, 3.63) is 65.4 Å². The van der Waals surface area contributed by atoms with E-state index in [9.17, 15) is 5.11 Å². The highest BCUT2D eigenvalue weighted by Gasteiger charge is 2.22. The summed E-state index contributed by atoms with van der Waals surface area (Å²) in [5.41, 5.74) is 4.79. The summed E-state index contributed by atoms with van der Waals surface area (Å²) in [5, 5.41) is 11.6. The number of hydrogen-bond donors (Lipinski definition) is 1. The number of aryl methyl sites for hydroxylation is 2. The second-order valence-electron chi connectivity index (χ2n) is 6.33. The van der Waals surface area contributed by atoms with E-state index in [1.807, 2.05) is 13.8 Å². The van der Waals surface area contributed by atoms with Gasteiger partial charge in [0, 0.05) is 22.8 Å². The van der Waals surface area contributed by atoms with Gasteiger partial charge in [0.1, 0.15) is 0 Å². The van der Waals surface area contributed by atoms with E-state index in [1.54, 1.807) is 0 Å². The third-order valence-electron chi connectivity index (χ3n) is 3.93. The first kappa shape index (κ1) is 13.9. The normalized spacial score (nSPS) is 12.0. The maximum atomic E-state index is 10.5. The summed E-state index contributed by atoms with van der Waals surface area (Å²) in [7, 11) is 0. The van der Waals surface area contributed by atoms with Crippen LogP contribution in [0.3, 0.4) is 0 Å². The molecule has 3 aromatic rings. The van der Waals surface area contributed by atoms with Crippen molar-refractivity contribution in [1.29, 1.82) is 0 Å². The average molecular weight is 279 g/mol. The van der Waals surface area contributed by atoms with Crippen molar-refractivity contribution in [3.63, 3.8) is 0 Å². The van der Waals surface area contributed by atoms with E-state index in [0.717, 1.165) is 22.2 Å². The Hall–Kier alpha value is -2.06. The summed E-state index contributed by atoms with van der Waals surface area (Å²) in [5.74, 6) is 0. The molecule has 1 heterocycles. The van der Waals surface area contributed by atoms with Crippen LogP contribution in [0.15, 0.2) is 48.7 Å². The number of benzene rings is 2. The highest BCUT2D eigenvalue weighted by molar-refractivity contribution is 5.87. The van der Waals surface area contributed by atoms with Crippen LogP contribution < -0.4 is 0 Å². The fourth-order valence-electron chi connectivity index (χ4n) is 2.75. The fourth-order valence-corrected chi connectivity index (χ4v) is 2.75. The van der Waals surface area contributed by atoms with Crippen molar-refractivity contribution in [2.24, 2.45) is 0 Å². The lowest BCUT2D eigenvalue weighted by molar-refractivity contribution is 0.0801. The first-order chi connectivity index (χ1) is 9.86. The van der Waals surface area contributed by atoms with Gasteiger partial charge in [-0.3, -0.25) is 0 Å². The highest BCUT2D eigenvalue weighted by Crippen LogP contribution is 2.32. The molecule has 0 radical (unpaired) electrons. The van der Waals surface area contributed by atoms with Crippen LogP contribution in [0.4, 0.5) is 0 Å². The molecule has 3 rings (SSSR count). The monoisotopic (exact) mass is 279 g/mol. The van der Waals surface area contributed by atoms with Crippen LogP contribution in [-0.4, -0.2) is 9.67 Å². The lowest BCUT2D eigenvalue weighted by atomic mass is 9.97. The first-order valence-electron chi connectivity index (χ1n) is 7.28. The SMILES string of the molecule is Cc1ccc(-n2cc(C(C)(C)O)c3cc(C)ccc32)cc1. The highest BCUT2D eigenvalue weighted by atomic mass is 16.3. The van der Waals surface area contributed by atoms with E-state index in [2.05, 4.69) is 67.1 Å². The molecule has 0 aliphatic rings. The van der Waals surface area contributed by atoms with E-state index < -0.39 is 5.60 Å². The molecule has 2 aromatic carbocycles. The molecule has 108 valence electrons. The summed E-state index contributed by atoms with van der Waals surface area (Å²) in [6, 6.07) is 14.8. The predicted molar refractivity (Wildman–Crippen MR) is 88.0 cm³/mol. The molecule has 0 atom stereocenters. The van der Waals surface area contributed by atoms with Crippen LogP contribution in [0, 0.1) is 13.8 Å². The Morgan fingerprint density at radius 3 is 2.14 bits per heavy atom. The number of fused-ring (bicyclic) bond motifs is 1. The second-order valence-corrected chi connectivity index (χ2v) is 6.33. The molecular weight excluding hydrogens is 258 g/mol. The molecule has 2 heteroatoms. The number of hydrogen-bond acceptors (Lipinski definition) is 1. The molecule has 0 saturated heterocycles. The lowest BCUT2D eigenvalue weighted by Gasteiger charge is -2.16. The Kier molecular flexibility index (Phi) is 3.14. The summed E-state index contributed by atoms with van der Waals surface area (Å²) >= 11 is 0. The molecule has 0 aliphatic carbocycles. The van der Waals surface area contributed by atoms with Crippen molar-refractivity contribution in [1.82, 2.24) is 4.57 Å². The zero-order chi connectivity index (χ0) is 15.2. The third kappa shape index (κ3) is 2.47. The van der Waals surface area contributed by atoms with Crippen LogP contribution in [0.25, 0.3) is 16.6 Å². The molecule has 1 aromatic heterocycles. The van der Waals surface area contributed by atoms with Crippen molar-refractivity contribution < 1.29 is 5.11 Å². The summed E-state index contributed by atoms with van der Waals surface area (Å²) in [6.45, 7) is 7.84. The second kappa shape index (κ2) is 4.74. The van der Waals surface area contributed by atoms with E-state index in [1.165, 1.54) is 11.1 Å². The Morgan fingerprint density at radius 1 is 0.905 bits per heavy atom. The minimum absolute atomic E-state index is 0.859. The number of rotatable bonds is 2. The Morgan fingerprint density at radius 2 is 1.52 bits per heavy atom. The van der Waals surface area contributed by atoms with Crippen molar-refractivity contribution in [3.8, 4) is 5.69 Å². The molecule has 0 fully saturated rings. The Labute approximate surface area is 125 Å². The van der Waals surface area contributed by atoms with Gasteiger partial charge in [0.05, 0.1) is 11.1 Å². The largest absolute Gasteiger partial charge is 0.386 e. The van der Waals surface area contributed by atoms with Crippen LogP contribution in [-0.2, 0) is 5.60 Å². The van der Waals surface area contributed by atoms with E-state index >= 15 is 0 Å². The minimum atomic E-state index is -0.859. The number of aromatic nitrogens is 1. The van der Waals surface area contributed by atoms with Gasteiger partial charge in [-0.2, -0.15) is 0 Å². The van der Waals surface area contributed by atoms with Crippen LogP contribution in [0.2, 0.25) is 0 Å². The molecule has 21 heavy (non-hydrogen) atoms. The molecule has 0 amide bonds. The number of nitrogens with zero attached hydrogens (tertiary/aromatic N) is 1. The molecule has 2 nitrogen and oxygen atoms in total. The summed E-state index contributed by atoms with van der Waals surface area (Å²) in [6.07, 6.45) is 2.05. The maximum absolute atomic E-state index is 10.5. The smallest absolute Gasteiger partial charge is 0.0861 e. The molecular formula is C19H21NO. The van der Waals surface area contributed by atoms with Gasteiger partial charge in [-0.05, 0) is 52.0 Å². The van der Waals surface area contributed by atoms with Gasteiger partial charge in [-0.1, -0.05) is 29.3 Å². The van der Waals surface area contributed by atoms with Crippen molar-refractivity contribution in [2.75, 3.05) is 0 Å². The third-order valence-corrected chi connectivity index (χ3v) is 3.93. The fraction of sp³-hybridized carbons (Fsp3) is 0.263. The standard InChI is InChI=1S/C19H21NO/c1-13-5-8-15(9-6-13)20-12-17(19(3,4)21)16-11-14(2)7-10-18(16)20/h5-12,21H,1-4H3. The first-order valence-corrected chi connectivity index (χ1v) is 7.28. The molecule has 0 saturated carbocycles. The topological polar surface area (TPSA) is 25.2 Å². The van der Waals surface area contributed by atoms with E-state index in [0.29, 0.717) is 0 Å². The lowest BCUT2D eigenvalue weighted by Crippen LogP contribution is -2.14. The van der Waals surface area contributed by atoms with Gasteiger partial charge in [-0.25, -0.2) is 0 Å². The van der Waals surface area contributed by atoms with Gasteiger partial charge in [-0.15, -0.1) is 0 Å². The molecule has 0 spiro atoms. The Balaban J connectivity index is 2.31. The summed E-state index contributed by atoms with van der Waals surface area (Å²) in [4.78, 5) is 0. The van der Waals surface area contributed by atoms with Gasteiger partial charge < -0.3 is 9.67 Å². The molecule has 0 bridgehead atoms. The van der Waals surface area contributed by atoms with Gasteiger partial charge in [0.15, 0.2) is 0 Å². The maximum Gasteiger partial charge on any atom is 0.0861 e. The van der Waals surface area contributed by atoms with Gasteiger partial charge >= 0.3 is 0 Å². The quantitative estimate of drug-likeness (QED) is 0.735. The minimum Gasteiger partial charge on any atom is -0.386 e. The van der Waals surface area contributed by atoms with E-state index in [-0.39, 0.29) is 0 Å². The number of aliphatic hydroxyl groups is 1. The summed E-state index contributed by atoms with van der Waals surface area (Å²) < 4.78 is 2.15. The van der Waals surface area contributed by atoms with Crippen molar-refractivity contribution in [2.45, 2.75) is 33.3 Å². The van der Waals surface area contributed by atoms with E-state index in [4.69, 9.17) is 0 Å². The predicted octanol–water partition coefficient (Wildman–Crippen LogP) is 4.47. The molecule has 0 aliphatic heterocycles. The Bertz CT molecular complexity index is 789. The zero-order valence-corrected chi connectivity index (χ0v) is 13.0. The van der Waals surface area contributed by atoms with Gasteiger partial charge in [0.2, 0.25) is 0 Å². The average Bonchev–Trinajstić information content (AvgIpc) is 2.78. The van der Waals surface area contributed by atoms with Crippen LogP contribution >= 0.6 is 0 Å². The van der Waals surface area contributed by atoms with Crippen LogP contribution in [0.5, 0.6) is 0 Å². The van der Waals surface area contributed by atoms with Crippen molar-refractivity contribution >= 4 is 10.9 Å². The van der Waals surface area contributed by atoms with Gasteiger partial charge in [0.25, 0.3) is 0 Å². The van der Waals surface area contributed by atoms with Crippen LogP contribution in [0.1, 0.15) is 30.5 Å². The zero-order valence-electron chi connectivity index (χ0n) is 13.0.